The van der Waals surface area contributed by atoms with E-state index in [0.717, 1.165) is 24.8 Å². The standard InChI is InChI=1S/4C6H6N2O3/c4*1-4-2-7-5(6(9)10)3-8(4)11/h4*2-3H,1H3,(H,9,10). The highest BCUT2D eigenvalue weighted by Gasteiger charge is 2.11. The number of carboxylic acid groups (broad SMARTS) is 4. The van der Waals surface area contributed by atoms with Crippen LogP contribution in [0.5, 0.6) is 0 Å². The Kier molecular flexibility index (Phi) is 12.9. The van der Waals surface area contributed by atoms with Gasteiger partial charge in [0.25, 0.3) is 0 Å². The van der Waals surface area contributed by atoms with Crippen LogP contribution in [0.15, 0.2) is 49.6 Å². The fraction of sp³-hybridized carbons (Fsp3) is 0.167. The van der Waals surface area contributed by atoms with E-state index in [4.69, 9.17) is 20.4 Å². The molecule has 4 aromatic rings. The summed E-state index contributed by atoms with van der Waals surface area (Å²) in [6, 6.07) is 0. The Hall–Kier alpha value is -6.60. The minimum Gasteiger partial charge on any atom is -0.618 e. The lowest BCUT2D eigenvalue weighted by Crippen LogP contribution is -2.31. The summed E-state index contributed by atoms with van der Waals surface area (Å²) in [6.45, 7) is 6.19. The third kappa shape index (κ3) is 11.1. The lowest BCUT2D eigenvalue weighted by Gasteiger charge is -1.98. The number of carbonyl (C=O) groups is 4. The molecule has 0 unspecified atom stereocenters. The summed E-state index contributed by atoms with van der Waals surface area (Å²) in [4.78, 5) is 55.1. The van der Waals surface area contributed by atoms with E-state index in [1.165, 1.54) is 24.8 Å². The molecule has 0 atom stereocenters. The zero-order chi connectivity index (χ0) is 33.7. The van der Waals surface area contributed by atoms with E-state index < -0.39 is 23.9 Å². The van der Waals surface area contributed by atoms with Gasteiger partial charge in [0.05, 0.1) is 24.8 Å². The Balaban J connectivity index is 0.000000293. The largest absolute Gasteiger partial charge is 0.618 e. The molecule has 4 aromatic heterocycles. The molecule has 4 heterocycles. The summed E-state index contributed by atoms with van der Waals surface area (Å²) in [5, 5.41) is 76.6. The van der Waals surface area contributed by atoms with Crippen LogP contribution in [0.4, 0.5) is 0 Å². The Morgan fingerprint density at radius 1 is 0.455 bits per heavy atom. The van der Waals surface area contributed by atoms with Crippen molar-refractivity contribution >= 4 is 23.9 Å². The molecule has 0 aliphatic heterocycles. The van der Waals surface area contributed by atoms with E-state index in [2.05, 4.69) is 19.9 Å². The van der Waals surface area contributed by atoms with Crippen molar-refractivity contribution in [3.05, 3.63) is 116 Å². The topological polar surface area (TPSA) is 309 Å². The summed E-state index contributed by atoms with van der Waals surface area (Å²) in [5.74, 6) is -4.80. The molecule has 0 fully saturated rings. The van der Waals surface area contributed by atoms with Gasteiger partial charge in [-0.05, 0) is 0 Å². The van der Waals surface area contributed by atoms with E-state index in [9.17, 15) is 40.0 Å². The predicted molar refractivity (Wildman–Crippen MR) is 140 cm³/mol. The third-order valence-corrected chi connectivity index (χ3v) is 4.79. The van der Waals surface area contributed by atoms with Crippen molar-refractivity contribution in [3.8, 4) is 0 Å². The first-order chi connectivity index (χ1) is 20.4. The van der Waals surface area contributed by atoms with Gasteiger partial charge in [-0.15, -0.1) is 0 Å². The highest BCUT2D eigenvalue weighted by atomic mass is 16.5. The summed E-state index contributed by atoms with van der Waals surface area (Å²) in [6.07, 6.45) is 8.59. The molecule has 0 radical (unpaired) electrons. The molecule has 4 N–H and O–H groups in total. The lowest BCUT2D eigenvalue weighted by molar-refractivity contribution is -0.613. The minimum atomic E-state index is -1.20. The van der Waals surface area contributed by atoms with Crippen molar-refractivity contribution < 1.29 is 58.5 Å². The van der Waals surface area contributed by atoms with E-state index in [1.807, 2.05) is 0 Å². The Morgan fingerprint density at radius 3 is 0.727 bits per heavy atom. The molecule has 0 aliphatic carbocycles. The highest BCUT2D eigenvalue weighted by Crippen LogP contribution is 1.93. The van der Waals surface area contributed by atoms with Crippen LogP contribution in [0.25, 0.3) is 0 Å². The summed E-state index contributed by atoms with van der Waals surface area (Å²) in [7, 11) is 0. The van der Waals surface area contributed by atoms with Crippen molar-refractivity contribution in [1.29, 1.82) is 0 Å². The van der Waals surface area contributed by atoms with Gasteiger partial charge in [-0.1, -0.05) is 0 Å². The Labute approximate surface area is 246 Å². The van der Waals surface area contributed by atoms with E-state index in [1.54, 1.807) is 27.7 Å². The van der Waals surface area contributed by atoms with Crippen molar-refractivity contribution in [2.45, 2.75) is 27.7 Å². The molecule has 0 aromatic carbocycles. The number of aryl methyl sites for hydroxylation is 4. The van der Waals surface area contributed by atoms with Gasteiger partial charge in [0, 0.05) is 27.7 Å². The van der Waals surface area contributed by atoms with Gasteiger partial charge >= 0.3 is 23.9 Å². The summed E-state index contributed by atoms with van der Waals surface area (Å²) >= 11 is 0. The molecule has 0 amide bonds. The van der Waals surface area contributed by atoms with Gasteiger partial charge in [0.2, 0.25) is 70.3 Å². The van der Waals surface area contributed by atoms with E-state index >= 15 is 0 Å². The Morgan fingerprint density at radius 2 is 0.614 bits per heavy atom. The minimum absolute atomic E-state index is 0.245. The molecule has 44 heavy (non-hydrogen) atoms. The zero-order valence-corrected chi connectivity index (χ0v) is 23.3. The van der Waals surface area contributed by atoms with Crippen LogP contribution < -0.4 is 18.9 Å². The van der Waals surface area contributed by atoms with Crippen molar-refractivity contribution in [2.75, 3.05) is 0 Å². The first-order valence-corrected chi connectivity index (χ1v) is 11.6. The maximum absolute atomic E-state index is 10.8. The van der Waals surface area contributed by atoms with Crippen molar-refractivity contribution in [3.63, 3.8) is 0 Å². The average molecular weight is 617 g/mol. The number of rotatable bonds is 4. The quantitative estimate of drug-likeness (QED) is 0.156. The summed E-state index contributed by atoms with van der Waals surface area (Å²) < 4.78 is 1.87. The fourth-order valence-corrected chi connectivity index (χ4v) is 2.31. The maximum Gasteiger partial charge on any atom is 0.360 e. The number of hydrogen-bond acceptors (Lipinski definition) is 12. The molecular formula is C24H24N8O12. The smallest absolute Gasteiger partial charge is 0.360 e. The van der Waals surface area contributed by atoms with Crippen LogP contribution in [-0.4, -0.2) is 64.2 Å². The third-order valence-electron chi connectivity index (χ3n) is 4.79. The van der Waals surface area contributed by atoms with Crippen LogP contribution in [0.3, 0.4) is 0 Å². The summed E-state index contributed by atoms with van der Waals surface area (Å²) in [5.41, 5.74) is 0.502. The van der Waals surface area contributed by atoms with E-state index in [0.29, 0.717) is 41.7 Å². The van der Waals surface area contributed by atoms with Gasteiger partial charge < -0.3 is 41.3 Å². The molecule has 0 saturated heterocycles. The molecule has 4 rings (SSSR count). The molecule has 20 nitrogen and oxygen atoms in total. The Bertz CT molecular complexity index is 1440. The highest BCUT2D eigenvalue weighted by molar-refractivity contribution is 5.85. The number of hydrogen-bond donors (Lipinski definition) is 4. The molecule has 0 spiro atoms. The number of aromatic carboxylic acids is 4. The second-order valence-electron chi connectivity index (χ2n) is 8.18. The van der Waals surface area contributed by atoms with Crippen molar-refractivity contribution in [1.82, 2.24) is 19.9 Å². The lowest BCUT2D eigenvalue weighted by atomic mass is 10.4. The van der Waals surface area contributed by atoms with Crippen LogP contribution in [0, 0.1) is 48.5 Å². The zero-order valence-electron chi connectivity index (χ0n) is 23.3. The number of aromatic nitrogens is 8. The van der Waals surface area contributed by atoms with Gasteiger partial charge in [0.15, 0.2) is 0 Å². The van der Waals surface area contributed by atoms with Crippen LogP contribution in [0.1, 0.15) is 64.7 Å². The van der Waals surface area contributed by atoms with Gasteiger partial charge in [-0.3, -0.25) is 0 Å². The number of nitrogens with zero attached hydrogens (tertiary/aromatic N) is 8. The van der Waals surface area contributed by atoms with E-state index in [-0.39, 0.29) is 22.8 Å². The fourth-order valence-electron chi connectivity index (χ4n) is 2.31. The molecular weight excluding hydrogens is 592 g/mol. The molecule has 0 aliphatic rings. The molecule has 20 heteroatoms. The normalized spacial score (nSPS) is 9.55. The molecule has 0 saturated carbocycles. The average Bonchev–Trinajstić information content (AvgIpc) is 2.95. The van der Waals surface area contributed by atoms with Gasteiger partial charge in [-0.2, -0.15) is 18.9 Å². The van der Waals surface area contributed by atoms with Crippen LogP contribution >= 0.6 is 0 Å². The SMILES string of the molecule is Cc1cnc(C(=O)O)c[n+]1[O-].Cc1cnc(C(=O)O)c[n+]1[O-].Cc1cnc(C(=O)O)c[n+]1[O-].Cc1cnc(C(=O)O)c[n+]1[O-]. The first-order valence-electron chi connectivity index (χ1n) is 11.6. The van der Waals surface area contributed by atoms with Crippen LogP contribution in [-0.2, 0) is 0 Å². The second-order valence-corrected chi connectivity index (χ2v) is 8.18. The predicted octanol–water partition coefficient (Wildman–Crippen LogP) is -1.11. The van der Waals surface area contributed by atoms with Crippen LogP contribution in [0.2, 0.25) is 0 Å². The van der Waals surface area contributed by atoms with Gasteiger partial charge in [-0.25, -0.2) is 39.1 Å². The second kappa shape index (κ2) is 16.0. The van der Waals surface area contributed by atoms with Gasteiger partial charge in [0.1, 0.15) is 0 Å². The molecule has 232 valence electrons. The number of carboxylic acids is 4. The monoisotopic (exact) mass is 616 g/mol. The maximum atomic E-state index is 10.8. The van der Waals surface area contributed by atoms with Crippen molar-refractivity contribution in [2.24, 2.45) is 0 Å². The molecule has 0 bridgehead atoms. The first kappa shape index (κ1) is 35.4.